The Bertz CT molecular complexity index is 1240. The Morgan fingerprint density at radius 3 is 2.59 bits per heavy atom. The summed E-state index contributed by atoms with van der Waals surface area (Å²) >= 11 is 1.44. The first-order chi connectivity index (χ1) is 15.5. The van der Waals surface area contributed by atoms with Crippen molar-refractivity contribution < 1.29 is 4.79 Å². The third-order valence-electron chi connectivity index (χ3n) is 5.68. The topological polar surface area (TPSA) is 64.7 Å². The van der Waals surface area contributed by atoms with E-state index in [0.717, 1.165) is 33.5 Å². The second-order valence-electron chi connectivity index (χ2n) is 7.76. The second-order valence-corrected chi connectivity index (χ2v) is 8.70. The van der Waals surface area contributed by atoms with Gasteiger partial charge in [0.15, 0.2) is 5.16 Å². The molecule has 0 atom stereocenters. The lowest BCUT2D eigenvalue weighted by Gasteiger charge is -2.12. The summed E-state index contributed by atoms with van der Waals surface area (Å²) in [6.45, 7) is 8.66. The molecule has 0 spiro atoms. The fraction of sp³-hybridized carbons (Fsp3) is 0.240. The van der Waals surface area contributed by atoms with Crippen LogP contribution in [0.5, 0.6) is 0 Å². The number of amides is 1. The maximum Gasteiger partial charge on any atom is 0.230 e. The molecule has 32 heavy (non-hydrogen) atoms. The summed E-state index contributed by atoms with van der Waals surface area (Å²) in [5.41, 5.74) is 7.54. The first-order valence-corrected chi connectivity index (χ1v) is 11.5. The highest BCUT2D eigenvalue weighted by molar-refractivity contribution is 7.99. The standard InChI is InChI=1S/C25H27N5OS/c1-17-9-8-12-23(18(17)2)29-14-13-26-25(29)32-16-24(31)27-15-22-19(3)28-30(20(22)4)21-10-6-5-7-11-21/h5-14H,15-16H2,1-4H3,(H,27,31). The molecule has 164 valence electrons. The Labute approximate surface area is 192 Å². The first-order valence-electron chi connectivity index (χ1n) is 10.6. The Kier molecular flexibility index (Phi) is 6.46. The van der Waals surface area contributed by atoms with Gasteiger partial charge in [-0.1, -0.05) is 42.1 Å². The number of para-hydroxylation sites is 1. The number of aryl methyl sites for hydroxylation is 2. The third kappa shape index (κ3) is 4.48. The molecule has 4 rings (SSSR count). The van der Waals surface area contributed by atoms with Crippen LogP contribution in [0, 0.1) is 27.7 Å². The second kappa shape index (κ2) is 9.44. The highest BCUT2D eigenvalue weighted by Gasteiger charge is 2.15. The lowest BCUT2D eigenvalue weighted by Crippen LogP contribution is -2.25. The molecule has 1 amide bonds. The maximum absolute atomic E-state index is 12.6. The largest absolute Gasteiger partial charge is 0.351 e. The Morgan fingerprint density at radius 2 is 1.81 bits per heavy atom. The molecule has 1 N–H and O–H groups in total. The zero-order valence-electron chi connectivity index (χ0n) is 18.8. The van der Waals surface area contributed by atoms with Gasteiger partial charge in [0.2, 0.25) is 5.91 Å². The molecule has 0 fully saturated rings. The van der Waals surface area contributed by atoms with Crippen LogP contribution in [0.25, 0.3) is 11.4 Å². The Hall–Kier alpha value is -3.32. The average molecular weight is 446 g/mol. The zero-order valence-corrected chi connectivity index (χ0v) is 19.6. The van der Waals surface area contributed by atoms with Gasteiger partial charge in [-0.05, 0) is 57.0 Å². The van der Waals surface area contributed by atoms with Gasteiger partial charge in [-0.2, -0.15) is 5.10 Å². The molecule has 2 aromatic carbocycles. The monoisotopic (exact) mass is 445 g/mol. The Morgan fingerprint density at radius 1 is 1.03 bits per heavy atom. The van der Waals surface area contributed by atoms with Crippen LogP contribution in [0.15, 0.2) is 66.1 Å². The molecule has 2 aromatic heterocycles. The van der Waals surface area contributed by atoms with E-state index in [1.807, 2.05) is 65.7 Å². The van der Waals surface area contributed by atoms with Crippen LogP contribution >= 0.6 is 11.8 Å². The summed E-state index contributed by atoms with van der Waals surface area (Å²) in [7, 11) is 0. The van der Waals surface area contributed by atoms with Gasteiger partial charge >= 0.3 is 0 Å². The normalized spacial score (nSPS) is 11.0. The van der Waals surface area contributed by atoms with Crippen molar-refractivity contribution in [3.05, 3.63) is 89.0 Å². The number of hydrogen-bond acceptors (Lipinski definition) is 4. The van der Waals surface area contributed by atoms with Gasteiger partial charge in [-0.25, -0.2) is 9.67 Å². The molecule has 0 unspecified atom stereocenters. The van der Waals surface area contributed by atoms with Gasteiger partial charge < -0.3 is 5.32 Å². The predicted octanol–water partition coefficient (Wildman–Crippen LogP) is 4.70. The van der Waals surface area contributed by atoms with E-state index < -0.39 is 0 Å². The molecule has 7 heteroatoms. The summed E-state index contributed by atoms with van der Waals surface area (Å²) in [4.78, 5) is 17.0. The molecule has 2 heterocycles. The number of carbonyl (C=O) groups excluding carboxylic acids is 1. The van der Waals surface area contributed by atoms with Gasteiger partial charge in [0, 0.05) is 30.2 Å². The van der Waals surface area contributed by atoms with E-state index in [0.29, 0.717) is 12.3 Å². The molecule has 6 nitrogen and oxygen atoms in total. The van der Waals surface area contributed by atoms with Crippen molar-refractivity contribution in [1.29, 1.82) is 0 Å². The van der Waals surface area contributed by atoms with Crippen LogP contribution in [0.3, 0.4) is 0 Å². The van der Waals surface area contributed by atoms with E-state index in [-0.39, 0.29) is 5.91 Å². The first kappa shape index (κ1) is 21.9. The highest BCUT2D eigenvalue weighted by Crippen LogP contribution is 2.24. The van der Waals surface area contributed by atoms with E-state index in [9.17, 15) is 4.79 Å². The minimum absolute atomic E-state index is 0.0308. The van der Waals surface area contributed by atoms with Crippen LogP contribution in [-0.4, -0.2) is 31.0 Å². The van der Waals surface area contributed by atoms with Crippen molar-refractivity contribution in [2.75, 3.05) is 5.75 Å². The lowest BCUT2D eigenvalue weighted by molar-refractivity contribution is -0.118. The summed E-state index contributed by atoms with van der Waals surface area (Å²) in [6, 6.07) is 16.2. The van der Waals surface area contributed by atoms with Crippen LogP contribution in [0.1, 0.15) is 28.1 Å². The molecule has 0 saturated carbocycles. The number of hydrogen-bond donors (Lipinski definition) is 1. The number of thioether (sulfide) groups is 1. The van der Waals surface area contributed by atoms with Gasteiger partial charge in [0.25, 0.3) is 0 Å². The van der Waals surface area contributed by atoms with Crippen molar-refractivity contribution >= 4 is 17.7 Å². The van der Waals surface area contributed by atoms with E-state index in [2.05, 4.69) is 41.4 Å². The molecule has 0 aliphatic heterocycles. The van der Waals surface area contributed by atoms with Gasteiger partial charge in [-0.15, -0.1) is 0 Å². The third-order valence-corrected chi connectivity index (χ3v) is 6.65. The van der Waals surface area contributed by atoms with Gasteiger partial charge in [0.05, 0.1) is 22.8 Å². The number of benzene rings is 2. The smallest absolute Gasteiger partial charge is 0.230 e. The van der Waals surface area contributed by atoms with Crippen molar-refractivity contribution in [3.63, 3.8) is 0 Å². The average Bonchev–Trinajstić information content (AvgIpc) is 3.37. The van der Waals surface area contributed by atoms with E-state index >= 15 is 0 Å². The van der Waals surface area contributed by atoms with Crippen LogP contribution < -0.4 is 5.32 Å². The van der Waals surface area contributed by atoms with Crippen molar-refractivity contribution in [1.82, 2.24) is 24.6 Å². The van der Waals surface area contributed by atoms with Crippen LogP contribution in [0.4, 0.5) is 0 Å². The number of rotatable bonds is 7. The number of nitrogens with one attached hydrogen (secondary N) is 1. The van der Waals surface area contributed by atoms with E-state index in [1.165, 1.54) is 22.9 Å². The molecule has 0 bridgehead atoms. The molecular weight excluding hydrogens is 418 g/mol. The predicted molar refractivity (Wildman–Crippen MR) is 129 cm³/mol. The number of imidazole rings is 1. The fourth-order valence-electron chi connectivity index (χ4n) is 3.70. The van der Waals surface area contributed by atoms with Crippen molar-refractivity contribution in [2.45, 2.75) is 39.4 Å². The number of carbonyl (C=O) groups is 1. The molecule has 0 aliphatic rings. The SMILES string of the molecule is Cc1cccc(-n2ccnc2SCC(=O)NCc2c(C)nn(-c3ccccc3)c2C)c1C. The van der Waals surface area contributed by atoms with Gasteiger partial charge in [-0.3, -0.25) is 9.36 Å². The lowest BCUT2D eigenvalue weighted by atomic mass is 10.1. The van der Waals surface area contributed by atoms with Crippen molar-refractivity contribution in [2.24, 2.45) is 0 Å². The fourth-order valence-corrected chi connectivity index (χ4v) is 4.49. The Balaban J connectivity index is 1.40. The van der Waals surface area contributed by atoms with Gasteiger partial charge in [0.1, 0.15) is 0 Å². The zero-order chi connectivity index (χ0) is 22.7. The van der Waals surface area contributed by atoms with Crippen LogP contribution in [-0.2, 0) is 11.3 Å². The highest BCUT2D eigenvalue weighted by atomic mass is 32.2. The number of nitrogens with zero attached hydrogens (tertiary/aromatic N) is 4. The molecule has 4 aromatic rings. The van der Waals surface area contributed by atoms with Crippen LogP contribution in [0.2, 0.25) is 0 Å². The molecule has 0 saturated heterocycles. The van der Waals surface area contributed by atoms with E-state index in [4.69, 9.17) is 0 Å². The van der Waals surface area contributed by atoms with Crippen molar-refractivity contribution in [3.8, 4) is 11.4 Å². The minimum Gasteiger partial charge on any atom is -0.351 e. The number of aromatic nitrogens is 4. The molecule has 0 radical (unpaired) electrons. The molecule has 0 aliphatic carbocycles. The summed E-state index contributed by atoms with van der Waals surface area (Å²) in [5, 5.41) is 8.49. The summed E-state index contributed by atoms with van der Waals surface area (Å²) in [5.74, 6) is 0.268. The summed E-state index contributed by atoms with van der Waals surface area (Å²) in [6.07, 6.45) is 3.71. The quantitative estimate of drug-likeness (QED) is 0.419. The minimum atomic E-state index is -0.0308. The van der Waals surface area contributed by atoms with E-state index in [1.54, 1.807) is 6.20 Å². The molecular formula is C25H27N5OS. The maximum atomic E-state index is 12.6. The summed E-state index contributed by atoms with van der Waals surface area (Å²) < 4.78 is 3.96.